The van der Waals surface area contributed by atoms with Gasteiger partial charge in [0, 0.05) is 89.1 Å². The van der Waals surface area contributed by atoms with E-state index in [9.17, 15) is 19.2 Å². The molecular formula is C50H47N11O6. The largest absolute Gasteiger partial charge is 0.442 e. The molecule has 7 aromatic rings. The summed E-state index contributed by atoms with van der Waals surface area (Å²) in [5.41, 5.74) is 14.8. The number of aryl methyl sites for hydroxylation is 4. The van der Waals surface area contributed by atoms with Crippen molar-refractivity contribution in [1.82, 2.24) is 46.0 Å². The van der Waals surface area contributed by atoms with Crippen LogP contribution in [0.2, 0.25) is 0 Å². The molecule has 4 N–H and O–H groups in total. The van der Waals surface area contributed by atoms with E-state index in [2.05, 4.69) is 70.2 Å². The van der Waals surface area contributed by atoms with Crippen LogP contribution in [0.15, 0.2) is 110 Å². The third kappa shape index (κ3) is 8.95. The number of cyclic esters (lactones) is 2. The number of fused-ring (bicyclic) bond motifs is 6. The van der Waals surface area contributed by atoms with Crippen LogP contribution in [-0.2, 0) is 40.0 Å². The molecule has 0 bridgehead atoms. The molecule has 67 heavy (non-hydrogen) atoms. The van der Waals surface area contributed by atoms with Crippen molar-refractivity contribution in [2.45, 2.75) is 57.7 Å². The molecule has 2 fully saturated rings. The van der Waals surface area contributed by atoms with Crippen LogP contribution < -0.4 is 20.4 Å². The van der Waals surface area contributed by atoms with E-state index in [4.69, 9.17) is 9.47 Å². The Morgan fingerprint density at radius 2 is 1.13 bits per heavy atom. The lowest BCUT2D eigenvalue weighted by molar-refractivity contribution is -0.119. The maximum atomic E-state index is 12.7. The minimum Gasteiger partial charge on any atom is -0.442 e. The summed E-state index contributed by atoms with van der Waals surface area (Å²) in [6.07, 6.45) is 14.3. The van der Waals surface area contributed by atoms with E-state index in [0.29, 0.717) is 25.2 Å². The van der Waals surface area contributed by atoms with Gasteiger partial charge in [0.15, 0.2) is 0 Å². The molecule has 2 atom stereocenters. The molecule has 0 unspecified atom stereocenters. The number of rotatable bonds is 9. The summed E-state index contributed by atoms with van der Waals surface area (Å²) < 4.78 is 11.0. The number of H-pyrrole nitrogens is 2. The van der Waals surface area contributed by atoms with Gasteiger partial charge >= 0.3 is 12.2 Å². The van der Waals surface area contributed by atoms with Gasteiger partial charge in [0.25, 0.3) is 5.91 Å². The number of aromatic nitrogens is 7. The topological polar surface area (TPSA) is 213 Å². The highest BCUT2D eigenvalue weighted by atomic mass is 16.6. The van der Waals surface area contributed by atoms with E-state index in [0.717, 1.165) is 106 Å². The van der Waals surface area contributed by atoms with Crippen LogP contribution in [0.4, 0.5) is 21.0 Å². The molecule has 17 heteroatoms. The molecule has 338 valence electrons. The number of nitrogens with zero attached hydrogens (tertiary/aromatic N) is 7. The number of carbonyl (C=O) groups excluding carboxylic acids is 4. The molecule has 7 heterocycles. The van der Waals surface area contributed by atoms with Crippen molar-refractivity contribution in [2.75, 3.05) is 36.0 Å². The Bertz CT molecular complexity index is 2960. The fourth-order valence-corrected chi connectivity index (χ4v) is 9.17. The molecule has 0 radical (unpaired) electrons. The maximum Gasteiger partial charge on any atom is 0.414 e. The van der Waals surface area contributed by atoms with Gasteiger partial charge in [0.05, 0.1) is 31.7 Å². The molecule has 2 aliphatic heterocycles. The lowest BCUT2D eigenvalue weighted by Crippen LogP contribution is -2.34. The smallest absolute Gasteiger partial charge is 0.414 e. The Labute approximate surface area is 385 Å². The predicted molar refractivity (Wildman–Crippen MR) is 249 cm³/mol. The fraction of sp³-hybridized carbons (Fsp3) is 0.260. The van der Waals surface area contributed by atoms with Gasteiger partial charge in [-0.05, 0) is 121 Å². The predicted octanol–water partition coefficient (Wildman–Crippen LogP) is 6.87. The normalized spacial score (nSPS) is 17.0. The molecule has 11 rings (SSSR count). The van der Waals surface area contributed by atoms with Crippen molar-refractivity contribution in [3.63, 3.8) is 0 Å². The Balaban J connectivity index is 0.000000159. The van der Waals surface area contributed by atoms with E-state index in [1.165, 1.54) is 24.2 Å². The minimum atomic E-state index is -0.436. The lowest BCUT2D eigenvalue weighted by atomic mass is 9.95. The maximum absolute atomic E-state index is 12.7. The first kappa shape index (κ1) is 42.7. The Morgan fingerprint density at radius 1 is 0.642 bits per heavy atom. The summed E-state index contributed by atoms with van der Waals surface area (Å²) in [5, 5.41) is 21.1. The van der Waals surface area contributed by atoms with Crippen molar-refractivity contribution in [1.29, 1.82) is 0 Å². The number of pyridine rings is 3. The van der Waals surface area contributed by atoms with Crippen molar-refractivity contribution >= 4 is 35.4 Å². The second kappa shape index (κ2) is 18.7. The number of amides is 4. The van der Waals surface area contributed by atoms with E-state index >= 15 is 0 Å². The van der Waals surface area contributed by atoms with E-state index in [1.54, 1.807) is 40.5 Å². The van der Waals surface area contributed by atoms with Crippen LogP contribution >= 0.6 is 0 Å². The molecular weight excluding hydrogens is 851 g/mol. The van der Waals surface area contributed by atoms with Crippen LogP contribution in [0.3, 0.4) is 0 Å². The average Bonchev–Trinajstić information content (AvgIpc) is 4.12. The Morgan fingerprint density at radius 3 is 1.60 bits per heavy atom. The van der Waals surface area contributed by atoms with Gasteiger partial charge < -0.3 is 20.1 Å². The molecule has 0 spiro atoms. The Hall–Kier alpha value is -8.21. The van der Waals surface area contributed by atoms with Crippen LogP contribution in [-0.4, -0.2) is 97.7 Å². The first-order valence-electron chi connectivity index (χ1n) is 22.4. The number of anilines is 2. The van der Waals surface area contributed by atoms with Gasteiger partial charge in [-0.25, -0.2) is 9.59 Å². The summed E-state index contributed by atoms with van der Waals surface area (Å²) >= 11 is 0. The van der Waals surface area contributed by atoms with Gasteiger partial charge in [-0.3, -0.25) is 44.5 Å². The van der Waals surface area contributed by atoms with E-state index in [1.807, 2.05) is 48.8 Å². The standard InChI is InChI=1S/C27H24N6O3.C23H23N5O3/c34-26(19-6-3-11-29-14-19)30-15-21-16-33(27(35)36-21)20-8-9-22-17(12-20)4-1-7-23-24(22)25(32-31-23)18-5-2-10-28-13-18;1-14(29)25-12-18-13-28(23(30)31-18)17-7-8-19-15(10-17)4-2-6-20-21(19)22(27-26-20)16-5-3-9-24-11-16/h2-3,5-6,8-14,21H,1,4,7,15-16H2,(H,30,34)(H,31,32);3,5,7-11,18H,2,4,6,12-13H2,1H3,(H,25,29)(H,26,27)/t21-;18-/m00/s1. The molecule has 4 amide bonds. The summed E-state index contributed by atoms with van der Waals surface area (Å²) in [5.74, 6) is -0.386. The fourth-order valence-electron chi connectivity index (χ4n) is 9.17. The highest BCUT2D eigenvalue weighted by Crippen LogP contribution is 2.42. The van der Waals surface area contributed by atoms with Crippen molar-refractivity contribution in [3.05, 3.63) is 138 Å². The number of hydrogen-bond acceptors (Lipinski definition) is 11. The molecule has 2 saturated heterocycles. The summed E-state index contributed by atoms with van der Waals surface area (Å²) in [4.78, 5) is 64.3. The molecule has 0 saturated carbocycles. The zero-order valence-corrected chi connectivity index (χ0v) is 36.7. The summed E-state index contributed by atoms with van der Waals surface area (Å²) in [6.45, 7) is 2.77. The highest BCUT2D eigenvalue weighted by Gasteiger charge is 2.35. The highest BCUT2D eigenvalue weighted by molar-refractivity contribution is 5.95. The zero-order valence-electron chi connectivity index (χ0n) is 36.7. The third-order valence-electron chi connectivity index (χ3n) is 12.4. The van der Waals surface area contributed by atoms with Crippen molar-refractivity contribution < 1.29 is 28.7 Å². The summed E-state index contributed by atoms with van der Waals surface area (Å²) in [6, 6.07) is 23.4. The van der Waals surface area contributed by atoms with Crippen LogP contribution in [0.5, 0.6) is 0 Å². The number of benzene rings is 2. The second-order valence-corrected chi connectivity index (χ2v) is 16.8. The first-order valence-corrected chi connectivity index (χ1v) is 22.4. The number of ether oxygens (including phenoxy) is 2. The van der Waals surface area contributed by atoms with Gasteiger partial charge in [-0.2, -0.15) is 10.2 Å². The van der Waals surface area contributed by atoms with E-state index < -0.39 is 12.2 Å². The SMILES string of the molecule is CC(=O)NC[C@H]1CN(c2ccc3c(c2)CCCc2[nH]nc(-c4cccnc4)c2-3)C(=O)O1.O=C(NC[C@H]1CN(c2ccc3c(c2)CCCc2[nH]nc(-c4cccnc4)c2-3)C(=O)O1)c1cccnc1. The average molecular weight is 898 g/mol. The minimum absolute atomic E-state index is 0.139. The number of hydrogen-bond donors (Lipinski definition) is 4. The van der Waals surface area contributed by atoms with Gasteiger partial charge in [-0.15, -0.1) is 0 Å². The van der Waals surface area contributed by atoms with Gasteiger partial charge in [-0.1, -0.05) is 12.1 Å². The second-order valence-electron chi connectivity index (χ2n) is 16.8. The van der Waals surface area contributed by atoms with E-state index in [-0.39, 0.29) is 30.6 Å². The Kier molecular flexibility index (Phi) is 11.9. The number of carbonyl (C=O) groups is 4. The molecule has 2 aromatic carbocycles. The number of nitrogens with one attached hydrogen (secondary N) is 4. The molecule has 5 aromatic heterocycles. The molecule has 2 aliphatic carbocycles. The lowest BCUT2D eigenvalue weighted by Gasteiger charge is -2.17. The monoisotopic (exact) mass is 897 g/mol. The van der Waals surface area contributed by atoms with Crippen LogP contribution in [0, 0.1) is 0 Å². The van der Waals surface area contributed by atoms with Crippen molar-refractivity contribution in [3.8, 4) is 44.8 Å². The van der Waals surface area contributed by atoms with Crippen molar-refractivity contribution in [2.24, 2.45) is 0 Å². The number of aromatic amines is 2. The van der Waals surface area contributed by atoms with Gasteiger partial charge in [0.1, 0.15) is 23.6 Å². The quantitative estimate of drug-likeness (QED) is 0.117. The zero-order chi connectivity index (χ0) is 45.9. The summed E-state index contributed by atoms with van der Waals surface area (Å²) in [7, 11) is 0. The molecule has 4 aliphatic rings. The molecule has 17 nitrogen and oxygen atoms in total. The van der Waals surface area contributed by atoms with Gasteiger partial charge in [0.2, 0.25) is 5.91 Å². The first-order chi connectivity index (χ1) is 32.8. The third-order valence-corrected chi connectivity index (χ3v) is 12.4. The van der Waals surface area contributed by atoms with Crippen LogP contribution in [0.25, 0.3) is 44.8 Å². The van der Waals surface area contributed by atoms with Crippen LogP contribution in [0.1, 0.15) is 52.6 Å².